The number of carbonyl (C=O) groups is 1. The molecule has 25 heavy (non-hydrogen) atoms. The largest absolute Gasteiger partial charge is 0.324 e. The average molecular weight is 358 g/mol. The number of carbonyl (C=O) groups excluding carboxylic acids is 1. The number of sulfonamides is 1. The minimum atomic E-state index is -3.79. The van der Waals surface area contributed by atoms with Crippen molar-refractivity contribution in [3.8, 4) is 0 Å². The third kappa shape index (κ3) is 2.91. The number of aryl methyl sites for hydroxylation is 2. The molecule has 0 atom stereocenters. The Labute approximate surface area is 148 Å². The van der Waals surface area contributed by atoms with Crippen LogP contribution in [0.4, 0.5) is 11.4 Å². The minimum Gasteiger partial charge on any atom is -0.324 e. The van der Waals surface area contributed by atoms with Gasteiger partial charge in [-0.1, -0.05) is 18.2 Å². The predicted octanol–water partition coefficient (Wildman–Crippen LogP) is 3.46. The summed E-state index contributed by atoms with van der Waals surface area (Å²) in [6.45, 7) is 7.63. The number of fused-ring (bicyclic) bond motifs is 1. The molecule has 5 nitrogen and oxygen atoms in total. The fourth-order valence-electron chi connectivity index (χ4n) is 3.26. The van der Waals surface area contributed by atoms with Crippen molar-refractivity contribution in [1.29, 1.82) is 0 Å². The van der Waals surface area contributed by atoms with Crippen LogP contribution in [0.3, 0.4) is 0 Å². The first-order chi connectivity index (χ1) is 11.7. The van der Waals surface area contributed by atoms with Crippen LogP contribution in [0.25, 0.3) is 0 Å². The second kappa shape index (κ2) is 6.19. The monoisotopic (exact) mass is 358 g/mol. The van der Waals surface area contributed by atoms with Crippen molar-refractivity contribution in [2.24, 2.45) is 0 Å². The molecule has 132 valence electrons. The van der Waals surface area contributed by atoms with Gasteiger partial charge in [0.1, 0.15) is 0 Å². The zero-order valence-electron chi connectivity index (χ0n) is 14.9. The molecular formula is C19H22N2O3S. The van der Waals surface area contributed by atoms with Crippen molar-refractivity contribution in [3.05, 3.63) is 52.6 Å². The Morgan fingerprint density at radius 3 is 2.24 bits per heavy atom. The van der Waals surface area contributed by atoms with E-state index in [2.05, 4.69) is 5.32 Å². The highest BCUT2D eigenvalue weighted by atomic mass is 32.2. The van der Waals surface area contributed by atoms with E-state index in [-0.39, 0.29) is 18.9 Å². The number of nitrogens with zero attached hydrogens (tertiary/aromatic N) is 1. The first kappa shape index (κ1) is 17.5. The highest BCUT2D eigenvalue weighted by molar-refractivity contribution is 7.93. The van der Waals surface area contributed by atoms with Gasteiger partial charge in [0.2, 0.25) is 5.91 Å². The second-order valence-electron chi connectivity index (χ2n) is 6.48. The third-order valence-corrected chi connectivity index (χ3v) is 6.92. The summed E-state index contributed by atoms with van der Waals surface area (Å²) in [6, 6.07) is 9.02. The number of hydrogen-bond acceptors (Lipinski definition) is 3. The lowest BCUT2D eigenvalue weighted by molar-refractivity contribution is -0.115. The number of anilines is 2. The van der Waals surface area contributed by atoms with Crippen LogP contribution in [-0.2, 0) is 14.8 Å². The Balaban J connectivity index is 2.24. The van der Waals surface area contributed by atoms with E-state index in [1.807, 2.05) is 33.8 Å². The molecule has 0 saturated carbocycles. The molecule has 0 aliphatic carbocycles. The normalized spacial score (nSPS) is 14.7. The van der Waals surface area contributed by atoms with Crippen molar-refractivity contribution in [1.82, 2.24) is 0 Å². The molecule has 0 radical (unpaired) electrons. The zero-order valence-corrected chi connectivity index (χ0v) is 15.7. The molecular weight excluding hydrogens is 336 g/mol. The maximum absolute atomic E-state index is 13.5. The van der Waals surface area contributed by atoms with Crippen molar-refractivity contribution in [3.63, 3.8) is 0 Å². The van der Waals surface area contributed by atoms with Gasteiger partial charge in [0.15, 0.2) is 0 Å². The molecule has 0 fully saturated rings. The number of hydrogen-bond donors (Lipinski definition) is 1. The number of nitrogens with one attached hydrogen (secondary N) is 1. The van der Waals surface area contributed by atoms with Gasteiger partial charge < -0.3 is 5.32 Å². The van der Waals surface area contributed by atoms with Gasteiger partial charge >= 0.3 is 0 Å². The molecule has 1 N–H and O–H groups in total. The van der Waals surface area contributed by atoms with Crippen LogP contribution in [0.5, 0.6) is 0 Å². The van der Waals surface area contributed by atoms with Crippen LogP contribution in [-0.4, -0.2) is 20.9 Å². The molecule has 0 spiro atoms. The van der Waals surface area contributed by atoms with Crippen molar-refractivity contribution >= 4 is 27.3 Å². The van der Waals surface area contributed by atoms with Crippen LogP contribution in [0.15, 0.2) is 35.2 Å². The fourth-order valence-corrected chi connectivity index (χ4v) is 5.33. The molecule has 2 aromatic carbocycles. The Morgan fingerprint density at radius 1 is 1.00 bits per heavy atom. The van der Waals surface area contributed by atoms with Crippen molar-refractivity contribution in [2.75, 3.05) is 16.2 Å². The maximum atomic E-state index is 13.5. The molecule has 0 saturated heterocycles. The predicted molar refractivity (Wildman–Crippen MR) is 99.6 cm³/mol. The second-order valence-corrected chi connectivity index (χ2v) is 8.28. The lowest BCUT2D eigenvalue weighted by Crippen LogP contribution is -2.33. The van der Waals surface area contributed by atoms with Crippen molar-refractivity contribution < 1.29 is 13.2 Å². The Hall–Kier alpha value is -2.34. The topological polar surface area (TPSA) is 66.5 Å². The Morgan fingerprint density at radius 2 is 1.60 bits per heavy atom. The molecule has 3 rings (SSSR count). The molecule has 1 aliphatic heterocycles. The lowest BCUT2D eigenvalue weighted by atomic mass is 10.0. The van der Waals surface area contributed by atoms with Gasteiger partial charge in [0.25, 0.3) is 10.0 Å². The summed E-state index contributed by atoms with van der Waals surface area (Å²) < 4.78 is 28.4. The van der Waals surface area contributed by atoms with Crippen LogP contribution >= 0.6 is 0 Å². The van der Waals surface area contributed by atoms with E-state index < -0.39 is 10.0 Å². The maximum Gasteiger partial charge on any atom is 0.264 e. The lowest BCUT2D eigenvalue weighted by Gasteiger charge is -2.26. The Kier molecular flexibility index (Phi) is 4.33. The van der Waals surface area contributed by atoms with E-state index >= 15 is 0 Å². The first-order valence-electron chi connectivity index (χ1n) is 8.22. The quantitative estimate of drug-likeness (QED) is 0.894. The summed E-state index contributed by atoms with van der Waals surface area (Å²) in [5, 5.41) is 2.78. The van der Waals surface area contributed by atoms with E-state index in [1.54, 1.807) is 24.3 Å². The number of rotatable bonds is 2. The van der Waals surface area contributed by atoms with Gasteiger partial charge in [-0.05, 0) is 62.1 Å². The SMILES string of the molecule is Cc1cc(C)c(C)c(S(=O)(=O)N2CCC(=O)Nc3ccccc32)c1C. The molecule has 0 bridgehead atoms. The van der Waals surface area contributed by atoms with E-state index in [9.17, 15) is 13.2 Å². The van der Waals surface area contributed by atoms with Crippen LogP contribution < -0.4 is 9.62 Å². The third-order valence-electron chi connectivity index (χ3n) is 4.83. The number of para-hydroxylation sites is 2. The fraction of sp³-hybridized carbons (Fsp3) is 0.316. The van der Waals surface area contributed by atoms with Gasteiger partial charge in [-0.3, -0.25) is 9.10 Å². The van der Waals surface area contributed by atoms with Crippen LogP contribution in [0, 0.1) is 27.7 Å². The smallest absolute Gasteiger partial charge is 0.264 e. The molecule has 1 heterocycles. The number of benzene rings is 2. The summed E-state index contributed by atoms with van der Waals surface area (Å²) in [5.41, 5.74) is 4.42. The van der Waals surface area contributed by atoms with Crippen LogP contribution in [0.2, 0.25) is 0 Å². The van der Waals surface area contributed by atoms with Gasteiger partial charge in [-0.15, -0.1) is 0 Å². The molecule has 1 amide bonds. The molecule has 0 aromatic heterocycles. The minimum absolute atomic E-state index is 0.122. The summed E-state index contributed by atoms with van der Waals surface area (Å²) >= 11 is 0. The van der Waals surface area contributed by atoms with E-state index in [0.29, 0.717) is 16.3 Å². The highest BCUT2D eigenvalue weighted by Crippen LogP contribution is 2.36. The van der Waals surface area contributed by atoms with Crippen molar-refractivity contribution in [2.45, 2.75) is 39.0 Å². The summed E-state index contributed by atoms with van der Waals surface area (Å²) in [7, 11) is -3.79. The molecule has 6 heteroatoms. The van der Waals surface area contributed by atoms with Gasteiger partial charge in [-0.25, -0.2) is 8.42 Å². The average Bonchev–Trinajstić information content (AvgIpc) is 2.71. The Bertz CT molecular complexity index is 939. The van der Waals surface area contributed by atoms with Gasteiger partial charge in [0.05, 0.1) is 16.3 Å². The zero-order chi connectivity index (χ0) is 18.4. The van der Waals surface area contributed by atoms with Gasteiger partial charge in [-0.2, -0.15) is 0 Å². The molecule has 2 aromatic rings. The standard InChI is InChI=1S/C19H22N2O3S/c1-12-11-13(2)15(4)19(14(12)3)25(23,24)21-10-9-18(22)20-16-7-5-6-8-17(16)21/h5-8,11H,9-10H2,1-4H3,(H,20,22). The van der Waals surface area contributed by atoms with E-state index in [0.717, 1.165) is 22.3 Å². The molecule has 0 unspecified atom stereocenters. The summed E-state index contributed by atoms with van der Waals surface area (Å²) in [4.78, 5) is 12.3. The van der Waals surface area contributed by atoms with E-state index in [4.69, 9.17) is 0 Å². The summed E-state index contributed by atoms with van der Waals surface area (Å²) in [5.74, 6) is -0.181. The first-order valence-corrected chi connectivity index (χ1v) is 9.66. The van der Waals surface area contributed by atoms with E-state index in [1.165, 1.54) is 4.31 Å². The van der Waals surface area contributed by atoms with Crippen LogP contribution in [0.1, 0.15) is 28.7 Å². The summed E-state index contributed by atoms with van der Waals surface area (Å²) in [6.07, 6.45) is 0.122. The highest BCUT2D eigenvalue weighted by Gasteiger charge is 2.32. The van der Waals surface area contributed by atoms with Gasteiger partial charge in [0, 0.05) is 13.0 Å². The number of amides is 1. The molecule has 1 aliphatic rings.